The normalized spacial score (nSPS) is 15.7. The summed E-state index contributed by atoms with van der Waals surface area (Å²) in [6.45, 7) is 2.09. The molecule has 4 heteroatoms. The first kappa shape index (κ1) is 10.1. The van der Waals surface area contributed by atoms with Gasteiger partial charge < -0.3 is 0 Å². The molecule has 0 aliphatic carbocycles. The van der Waals surface area contributed by atoms with E-state index in [1.165, 1.54) is 0 Å². The lowest BCUT2D eigenvalue weighted by Gasteiger charge is -2.13. The molecule has 0 aromatic heterocycles. The molecular formula is C5H11Cl3Si. The monoisotopic (exact) mass is 204 g/mol. The molecule has 0 spiro atoms. The summed E-state index contributed by atoms with van der Waals surface area (Å²) in [5.74, 6) is 1.11. The predicted molar refractivity (Wildman–Crippen MR) is 48.0 cm³/mol. The Labute approximate surface area is 71.9 Å². The van der Waals surface area contributed by atoms with Crippen molar-refractivity contribution in [2.45, 2.75) is 19.5 Å². The molecule has 0 N–H and O–H groups in total. The van der Waals surface area contributed by atoms with Crippen LogP contribution in [0.4, 0.5) is 0 Å². The molecule has 0 heterocycles. The zero-order valence-electron chi connectivity index (χ0n) is 5.63. The van der Waals surface area contributed by atoms with E-state index in [1.807, 2.05) is 6.55 Å². The van der Waals surface area contributed by atoms with Gasteiger partial charge in [-0.2, -0.15) is 0 Å². The van der Waals surface area contributed by atoms with Gasteiger partial charge in [-0.3, -0.25) is 0 Å². The Morgan fingerprint density at radius 1 is 1.44 bits per heavy atom. The maximum Gasteiger partial charge on any atom is 0.248 e. The highest BCUT2D eigenvalue weighted by Crippen LogP contribution is 2.24. The minimum Gasteiger partial charge on any atom is -0.146 e. The van der Waals surface area contributed by atoms with E-state index >= 15 is 0 Å². The highest BCUT2D eigenvalue weighted by molar-refractivity contribution is 7.44. The number of halogens is 3. The molecule has 9 heavy (non-hydrogen) atoms. The minimum atomic E-state index is -1.88. The summed E-state index contributed by atoms with van der Waals surface area (Å²) in [5, 5.41) is 0. The first-order valence-electron chi connectivity index (χ1n) is 2.89. The maximum absolute atomic E-state index is 5.85. The molecule has 0 amide bonds. The molecule has 0 aliphatic rings. The molecule has 0 rings (SSSR count). The zero-order valence-corrected chi connectivity index (χ0v) is 8.89. The SMILES string of the molecule is C[C@@H](CCl)C[Si](C)(Cl)Cl. The Balaban J connectivity index is 3.47. The first-order valence-corrected chi connectivity index (χ1v) is 8.16. The number of hydrogen-bond donors (Lipinski definition) is 0. The fraction of sp³-hybridized carbons (Fsp3) is 1.00. The Morgan fingerprint density at radius 3 is 2.00 bits per heavy atom. The van der Waals surface area contributed by atoms with Crippen molar-refractivity contribution in [2.24, 2.45) is 5.92 Å². The fourth-order valence-electron chi connectivity index (χ4n) is 0.666. The van der Waals surface area contributed by atoms with E-state index in [2.05, 4.69) is 6.92 Å². The average Bonchev–Trinajstić information content (AvgIpc) is 1.62. The third-order valence-electron chi connectivity index (χ3n) is 0.970. The molecule has 0 aromatic rings. The molecule has 0 saturated heterocycles. The Morgan fingerprint density at radius 2 is 1.89 bits per heavy atom. The molecular weight excluding hydrogens is 194 g/mol. The van der Waals surface area contributed by atoms with Crippen LogP contribution in [-0.4, -0.2) is 12.6 Å². The smallest absolute Gasteiger partial charge is 0.146 e. The van der Waals surface area contributed by atoms with Crippen LogP contribution < -0.4 is 0 Å². The molecule has 0 fully saturated rings. The van der Waals surface area contributed by atoms with E-state index in [4.69, 9.17) is 33.8 Å². The summed E-state index contributed by atoms with van der Waals surface area (Å²) in [5.41, 5.74) is 0. The second-order valence-electron chi connectivity index (χ2n) is 2.53. The zero-order chi connectivity index (χ0) is 7.49. The molecule has 0 saturated carbocycles. The van der Waals surface area contributed by atoms with Gasteiger partial charge in [-0.25, -0.2) is 0 Å². The van der Waals surface area contributed by atoms with Crippen LogP contribution in [0.25, 0.3) is 0 Å². The summed E-state index contributed by atoms with van der Waals surface area (Å²) in [6, 6.07) is 0.889. The van der Waals surface area contributed by atoms with Gasteiger partial charge in [0.25, 0.3) is 0 Å². The number of rotatable bonds is 3. The van der Waals surface area contributed by atoms with Crippen LogP contribution in [0.5, 0.6) is 0 Å². The van der Waals surface area contributed by atoms with Crippen LogP contribution in [0.1, 0.15) is 6.92 Å². The summed E-state index contributed by atoms with van der Waals surface area (Å²) in [7, 11) is 0. The minimum absolute atomic E-state index is 0.457. The van der Waals surface area contributed by atoms with E-state index in [1.54, 1.807) is 0 Å². The first-order chi connectivity index (χ1) is 3.95. The molecule has 56 valence electrons. The summed E-state index contributed by atoms with van der Waals surface area (Å²) in [6.07, 6.45) is 0. The van der Waals surface area contributed by atoms with E-state index < -0.39 is 6.69 Å². The molecule has 0 bridgehead atoms. The maximum atomic E-state index is 5.85. The van der Waals surface area contributed by atoms with Crippen LogP contribution >= 0.6 is 33.8 Å². The topological polar surface area (TPSA) is 0 Å². The molecule has 0 unspecified atom stereocenters. The van der Waals surface area contributed by atoms with Crippen molar-refractivity contribution in [3.05, 3.63) is 0 Å². The average molecular weight is 206 g/mol. The number of alkyl halides is 1. The van der Waals surface area contributed by atoms with Crippen LogP contribution in [0.2, 0.25) is 12.6 Å². The van der Waals surface area contributed by atoms with Gasteiger partial charge >= 0.3 is 0 Å². The summed E-state index contributed by atoms with van der Waals surface area (Å²) in [4.78, 5) is 0. The molecule has 0 aromatic carbocycles. The van der Waals surface area contributed by atoms with Gasteiger partial charge in [0.1, 0.15) is 0 Å². The van der Waals surface area contributed by atoms with Crippen LogP contribution in [-0.2, 0) is 0 Å². The van der Waals surface area contributed by atoms with Gasteiger partial charge in [0.15, 0.2) is 0 Å². The lowest BCUT2D eigenvalue weighted by atomic mass is 10.3. The fourth-order valence-corrected chi connectivity index (χ4v) is 3.91. The standard InChI is InChI=1S/C5H11Cl3Si/c1-5(3-6)4-9(2,7)8/h5H,3-4H2,1-2H3/t5-/m0/s1. The second kappa shape index (κ2) is 4.07. The van der Waals surface area contributed by atoms with Crippen molar-refractivity contribution < 1.29 is 0 Å². The van der Waals surface area contributed by atoms with E-state index in [-0.39, 0.29) is 0 Å². The van der Waals surface area contributed by atoms with Gasteiger partial charge in [-0.05, 0) is 18.5 Å². The van der Waals surface area contributed by atoms with Crippen LogP contribution in [0.15, 0.2) is 0 Å². The Hall–Kier alpha value is 1.09. The van der Waals surface area contributed by atoms with Gasteiger partial charge in [-0.1, -0.05) is 6.92 Å². The molecule has 0 aliphatic heterocycles. The van der Waals surface area contributed by atoms with E-state index in [0.717, 1.165) is 6.04 Å². The second-order valence-corrected chi connectivity index (χ2v) is 11.0. The van der Waals surface area contributed by atoms with Crippen molar-refractivity contribution in [3.8, 4) is 0 Å². The lowest BCUT2D eigenvalue weighted by Crippen LogP contribution is -2.17. The highest BCUT2D eigenvalue weighted by Gasteiger charge is 2.23. The van der Waals surface area contributed by atoms with Gasteiger partial charge in [0.05, 0.1) is 0 Å². The van der Waals surface area contributed by atoms with Crippen molar-refractivity contribution in [2.75, 3.05) is 5.88 Å². The van der Waals surface area contributed by atoms with Gasteiger partial charge in [0, 0.05) is 5.88 Å². The van der Waals surface area contributed by atoms with Crippen molar-refractivity contribution in [1.29, 1.82) is 0 Å². The van der Waals surface area contributed by atoms with Crippen molar-refractivity contribution >= 4 is 40.5 Å². The largest absolute Gasteiger partial charge is 0.248 e. The van der Waals surface area contributed by atoms with Crippen LogP contribution in [0, 0.1) is 5.92 Å². The van der Waals surface area contributed by atoms with Crippen molar-refractivity contribution in [3.63, 3.8) is 0 Å². The quantitative estimate of drug-likeness (QED) is 0.376. The highest BCUT2D eigenvalue weighted by atomic mass is 35.7. The third kappa shape index (κ3) is 6.98. The summed E-state index contributed by atoms with van der Waals surface area (Å²) < 4.78 is 0. The Kier molecular flexibility index (Phi) is 4.56. The van der Waals surface area contributed by atoms with Gasteiger partial charge in [0.2, 0.25) is 6.69 Å². The van der Waals surface area contributed by atoms with E-state index in [9.17, 15) is 0 Å². The third-order valence-corrected chi connectivity index (χ3v) is 3.84. The number of hydrogen-bond acceptors (Lipinski definition) is 0. The predicted octanol–water partition coefficient (Wildman–Crippen LogP) is 3.41. The Bertz CT molecular complexity index is 78.8. The molecule has 0 nitrogen and oxygen atoms in total. The van der Waals surface area contributed by atoms with Crippen LogP contribution in [0.3, 0.4) is 0 Å². The molecule has 1 atom stereocenters. The van der Waals surface area contributed by atoms with Gasteiger partial charge in [-0.15, -0.1) is 33.8 Å². The molecule has 0 radical (unpaired) electrons. The van der Waals surface area contributed by atoms with Crippen molar-refractivity contribution in [1.82, 2.24) is 0 Å². The van der Waals surface area contributed by atoms with E-state index in [0.29, 0.717) is 11.8 Å². The summed E-state index contributed by atoms with van der Waals surface area (Å²) >= 11 is 17.3. The lowest BCUT2D eigenvalue weighted by molar-refractivity contribution is 0.736.